The third-order valence-corrected chi connectivity index (χ3v) is 12.5. The lowest BCUT2D eigenvalue weighted by Crippen LogP contribution is -2.10. The van der Waals surface area contributed by atoms with Crippen molar-refractivity contribution in [1.29, 1.82) is 0 Å². The third-order valence-electron chi connectivity index (χ3n) is 11.3. The summed E-state index contributed by atoms with van der Waals surface area (Å²) in [6, 6.07) is 67.0. The topological polar surface area (TPSA) is 29.5 Å². The Hall–Kier alpha value is -7.14. The summed E-state index contributed by atoms with van der Waals surface area (Å²) in [6.45, 7) is 0. The second-order valence-corrected chi connectivity index (χ2v) is 15.4. The first-order valence-electron chi connectivity index (χ1n) is 18.9. The van der Waals surface area contributed by atoms with Crippen LogP contribution in [-0.4, -0.2) is 0 Å². The van der Waals surface area contributed by atoms with Crippen molar-refractivity contribution >= 4 is 103 Å². The summed E-state index contributed by atoms with van der Waals surface area (Å²) in [7, 11) is 0. The van der Waals surface area contributed by atoms with Crippen LogP contribution in [0.3, 0.4) is 0 Å². The van der Waals surface area contributed by atoms with Gasteiger partial charge in [-0.1, -0.05) is 140 Å². The number of nitrogens with zero attached hydrogens (tertiary/aromatic N) is 1. The van der Waals surface area contributed by atoms with E-state index >= 15 is 0 Å². The van der Waals surface area contributed by atoms with Crippen LogP contribution in [0.5, 0.6) is 0 Å². The molecule has 0 bridgehead atoms. The molecule has 262 valence electrons. The second kappa shape index (κ2) is 12.2. The number of thiophene rings is 1. The number of benzene rings is 9. The van der Waals surface area contributed by atoms with E-state index < -0.39 is 0 Å². The quantitative estimate of drug-likeness (QED) is 0.176. The predicted octanol–water partition coefficient (Wildman–Crippen LogP) is 15.8. The molecular weight excluding hydrogens is 703 g/mol. The van der Waals surface area contributed by atoms with Crippen LogP contribution < -0.4 is 4.90 Å². The molecule has 0 atom stereocenters. The zero-order valence-corrected chi connectivity index (χ0v) is 30.9. The lowest BCUT2D eigenvalue weighted by Gasteiger charge is -2.26. The van der Waals surface area contributed by atoms with Gasteiger partial charge in [-0.3, -0.25) is 0 Å². The van der Waals surface area contributed by atoms with Crippen molar-refractivity contribution in [3.63, 3.8) is 0 Å². The van der Waals surface area contributed by atoms with Crippen LogP contribution in [-0.2, 0) is 0 Å². The van der Waals surface area contributed by atoms with Crippen molar-refractivity contribution in [2.75, 3.05) is 4.90 Å². The van der Waals surface area contributed by atoms with Crippen LogP contribution in [0, 0.1) is 0 Å². The van der Waals surface area contributed by atoms with Gasteiger partial charge in [-0.25, -0.2) is 0 Å². The third kappa shape index (κ3) is 4.63. The van der Waals surface area contributed by atoms with Crippen molar-refractivity contribution in [1.82, 2.24) is 0 Å². The predicted molar refractivity (Wildman–Crippen MR) is 237 cm³/mol. The molecule has 12 aromatic rings. The molecule has 0 aliphatic rings. The van der Waals surface area contributed by atoms with Crippen LogP contribution in [0.4, 0.5) is 17.1 Å². The molecule has 0 saturated heterocycles. The molecule has 0 saturated carbocycles. The van der Waals surface area contributed by atoms with Gasteiger partial charge < -0.3 is 13.7 Å². The summed E-state index contributed by atoms with van der Waals surface area (Å²) in [4.78, 5) is 2.35. The van der Waals surface area contributed by atoms with Crippen molar-refractivity contribution in [2.24, 2.45) is 0 Å². The molecule has 0 amide bonds. The fraction of sp³-hybridized carbons (Fsp3) is 0. The van der Waals surface area contributed by atoms with Gasteiger partial charge in [-0.05, 0) is 70.4 Å². The Labute approximate surface area is 325 Å². The maximum Gasteiger partial charge on any atom is 0.159 e. The number of hydrogen-bond donors (Lipinski definition) is 0. The molecule has 3 heterocycles. The van der Waals surface area contributed by atoms with E-state index in [1.54, 1.807) is 0 Å². The minimum atomic E-state index is 0.834. The van der Waals surface area contributed by atoms with Crippen molar-refractivity contribution in [2.45, 2.75) is 0 Å². The second-order valence-electron chi connectivity index (χ2n) is 14.4. The number of furan rings is 2. The molecule has 0 fully saturated rings. The average Bonchev–Trinajstić information content (AvgIpc) is 3.96. The SMILES string of the molecule is c1ccc(-c2ccc(N(c3cccc4c3oc3ccccc34)c3cccc4oc5c(-c6cccc7c6sc6ccccc67)c6ccccc6cc5c34)cc2)cc1. The molecule has 0 radical (unpaired) electrons. The lowest BCUT2D eigenvalue weighted by atomic mass is 9.94. The summed E-state index contributed by atoms with van der Waals surface area (Å²) >= 11 is 1.85. The Morgan fingerprint density at radius 2 is 1.05 bits per heavy atom. The molecule has 0 N–H and O–H groups in total. The highest BCUT2D eigenvalue weighted by Gasteiger charge is 2.26. The van der Waals surface area contributed by atoms with E-state index in [9.17, 15) is 0 Å². The molecule has 4 heteroatoms. The zero-order valence-electron chi connectivity index (χ0n) is 30.1. The highest BCUT2D eigenvalue weighted by atomic mass is 32.1. The summed E-state index contributed by atoms with van der Waals surface area (Å²) < 4.78 is 16.4. The molecule has 3 nitrogen and oxygen atoms in total. The van der Waals surface area contributed by atoms with Crippen LogP contribution in [0.2, 0.25) is 0 Å². The van der Waals surface area contributed by atoms with Crippen molar-refractivity contribution < 1.29 is 8.83 Å². The Balaban J connectivity index is 1.17. The maximum atomic E-state index is 7.10. The van der Waals surface area contributed by atoms with Crippen LogP contribution >= 0.6 is 11.3 Å². The fourth-order valence-corrected chi connectivity index (χ4v) is 9.98. The van der Waals surface area contributed by atoms with Gasteiger partial charge in [-0.2, -0.15) is 0 Å². The lowest BCUT2D eigenvalue weighted by molar-refractivity contribution is 0.668. The molecule has 0 aliphatic carbocycles. The van der Waals surface area contributed by atoms with E-state index in [-0.39, 0.29) is 0 Å². The largest absolute Gasteiger partial charge is 0.455 e. The van der Waals surface area contributed by atoms with E-state index in [4.69, 9.17) is 8.83 Å². The van der Waals surface area contributed by atoms with E-state index in [1.807, 2.05) is 23.5 Å². The summed E-state index contributed by atoms with van der Waals surface area (Å²) in [6.07, 6.45) is 0. The number of hydrogen-bond acceptors (Lipinski definition) is 4. The van der Waals surface area contributed by atoms with Crippen LogP contribution in [0.15, 0.2) is 197 Å². The summed E-state index contributed by atoms with van der Waals surface area (Å²) in [5, 5.41) is 9.20. The number of fused-ring (bicyclic) bond motifs is 10. The Morgan fingerprint density at radius 3 is 1.95 bits per heavy atom. The minimum Gasteiger partial charge on any atom is -0.455 e. The van der Waals surface area contributed by atoms with E-state index in [0.29, 0.717) is 0 Å². The van der Waals surface area contributed by atoms with Gasteiger partial charge in [0.1, 0.15) is 16.7 Å². The summed E-state index contributed by atoms with van der Waals surface area (Å²) in [5.74, 6) is 0. The van der Waals surface area contributed by atoms with E-state index in [2.05, 4.69) is 181 Å². The number of rotatable bonds is 5. The first-order chi connectivity index (χ1) is 27.8. The normalized spacial score (nSPS) is 11.9. The molecule has 0 spiro atoms. The highest BCUT2D eigenvalue weighted by molar-refractivity contribution is 7.26. The van der Waals surface area contributed by atoms with Gasteiger partial charge >= 0.3 is 0 Å². The van der Waals surface area contributed by atoms with Gasteiger partial charge in [0.25, 0.3) is 0 Å². The number of para-hydroxylation sites is 2. The average molecular weight is 734 g/mol. The van der Waals surface area contributed by atoms with Gasteiger partial charge in [-0.15, -0.1) is 11.3 Å². The molecular formula is C52H31NO2S. The van der Waals surface area contributed by atoms with Crippen molar-refractivity contribution in [3.05, 3.63) is 188 Å². The van der Waals surface area contributed by atoms with Gasteiger partial charge in [0.05, 0.1) is 16.8 Å². The molecule has 3 aromatic heterocycles. The summed E-state index contributed by atoms with van der Waals surface area (Å²) in [5.41, 5.74) is 11.1. The molecule has 0 aliphatic heterocycles. The van der Waals surface area contributed by atoms with Gasteiger partial charge in [0, 0.05) is 53.1 Å². The highest BCUT2D eigenvalue weighted by Crippen LogP contribution is 2.50. The monoisotopic (exact) mass is 733 g/mol. The number of anilines is 3. The Morgan fingerprint density at radius 1 is 0.411 bits per heavy atom. The van der Waals surface area contributed by atoms with E-state index in [0.717, 1.165) is 72.1 Å². The first-order valence-corrected chi connectivity index (χ1v) is 19.7. The fourth-order valence-electron chi connectivity index (χ4n) is 8.75. The van der Waals surface area contributed by atoms with Crippen LogP contribution in [0.1, 0.15) is 0 Å². The van der Waals surface area contributed by atoms with Gasteiger partial charge in [0.15, 0.2) is 5.58 Å². The van der Waals surface area contributed by atoms with E-state index in [1.165, 1.54) is 42.1 Å². The molecule has 9 aromatic carbocycles. The van der Waals surface area contributed by atoms with Gasteiger partial charge in [0.2, 0.25) is 0 Å². The zero-order chi connectivity index (χ0) is 36.7. The molecule has 0 unspecified atom stereocenters. The molecule has 56 heavy (non-hydrogen) atoms. The Bertz CT molecular complexity index is 3480. The molecule has 12 rings (SSSR count). The Kier molecular flexibility index (Phi) is 6.80. The standard InChI is InChI=1S/C52H31NO2S/c1-2-13-32(14-3-1)33-27-29-35(30-28-33)53(44-23-11-19-39-37-17-6-8-24-45(37)54-50(39)44)43-22-12-25-46-49(43)42-31-34-15-4-5-16-36(34)48(51(42)55-46)41-21-10-20-40-38-18-7-9-26-47(38)56-52(40)41/h1-31H. The van der Waals surface area contributed by atoms with Crippen LogP contribution in [0.25, 0.3) is 97.1 Å². The first kappa shape index (κ1) is 31.2. The van der Waals surface area contributed by atoms with Crippen molar-refractivity contribution in [3.8, 4) is 22.3 Å². The minimum absolute atomic E-state index is 0.834. The maximum absolute atomic E-state index is 7.10. The smallest absolute Gasteiger partial charge is 0.159 e.